The highest BCUT2D eigenvalue weighted by Gasteiger charge is 2.04. The lowest BCUT2D eigenvalue weighted by atomic mass is 10.2. The second kappa shape index (κ2) is 5.14. The Morgan fingerprint density at radius 3 is 2.70 bits per heavy atom. The van der Waals surface area contributed by atoms with Gasteiger partial charge in [-0.05, 0) is 29.1 Å². The second-order valence-electron chi connectivity index (χ2n) is 4.51. The van der Waals surface area contributed by atoms with Gasteiger partial charge in [0.2, 0.25) is 0 Å². The van der Waals surface area contributed by atoms with Gasteiger partial charge in [0, 0.05) is 12.3 Å². The van der Waals surface area contributed by atoms with Crippen LogP contribution in [0.15, 0.2) is 59.5 Å². The van der Waals surface area contributed by atoms with Crippen molar-refractivity contribution in [1.82, 2.24) is 9.55 Å². The molecule has 0 amide bonds. The highest BCUT2D eigenvalue weighted by Crippen LogP contribution is 2.13. The van der Waals surface area contributed by atoms with Crippen molar-refractivity contribution < 1.29 is 0 Å². The van der Waals surface area contributed by atoms with E-state index in [4.69, 9.17) is 5.84 Å². The molecule has 3 N–H and O–H groups in total. The third kappa shape index (κ3) is 2.26. The Bertz CT molecular complexity index is 793. The molecule has 0 aliphatic carbocycles. The van der Waals surface area contributed by atoms with Crippen molar-refractivity contribution in [2.75, 3.05) is 5.43 Å². The summed E-state index contributed by atoms with van der Waals surface area (Å²) in [5.41, 5.74) is 4.32. The number of pyridine rings is 2. The first-order valence-corrected chi connectivity index (χ1v) is 6.28. The number of aromatic nitrogens is 2. The Labute approximate surface area is 115 Å². The number of hydrazine groups is 1. The molecule has 100 valence electrons. The Morgan fingerprint density at radius 1 is 1.10 bits per heavy atom. The molecule has 1 aromatic carbocycles. The molecule has 5 heteroatoms. The van der Waals surface area contributed by atoms with Gasteiger partial charge in [-0.1, -0.05) is 24.3 Å². The van der Waals surface area contributed by atoms with E-state index in [0.717, 1.165) is 16.5 Å². The van der Waals surface area contributed by atoms with E-state index >= 15 is 0 Å². The molecular formula is C15H14N4O. The molecular weight excluding hydrogens is 252 g/mol. The van der Waals surface area contributed by atoms with Crippen molar-refractivity contribution in [3.8, 4) is 0 Å². The van der Waals surface area contributed by atoms with E-state index in [1.807, 2.05) is 36.4 Å². The number of nitrogens with one attached hydrogen (secondary N) is 1. The SMILES string of the molecule is NNc1ccc(Cn2c(=O)ccc3ccccc32)cn1. The van der Waals surface area contributed by atoms with Crippen LogP contribution in [0.3, 0.4) is 0 Å². The van der Waals surface area contributed by atoms with Crippen LogP contribution < -0.4 is 16.8 Å². The number of rotatable bonds is 3. The van der Waals surface area contributed by atoms with Crippen molar-refractivity contribution in [3.05, 3.63) is 70.6 Å². The number of fused-ring (bicyclic) bond motifs is 1. The molecule has 0 fully saturated rings. The Hall–Kier alpha value is -2.66. The summed E-state index contributed by atoms with van der Waals surface area (Å²) in [5, 5.41) is 1.04. The normalized spacial score (nSPS) is 10.7. The molecule has 2 aromatic heterocycles. The molecule has 0 radical (unpaired) electrons. The Kier molecular flexibility index (Phi) is 3.18. The van der Waals surface area contributed by atoms with Crippen LogP contribution in [-0.2, 0) is 6.54 Å². The fourth-order valence-corrected chi connectivity index (χ4v) is 2.19. The van der Waals surface area contributed by atoms with E-state index in [2.05, 4.69) is 10.4 Å². The maximum Gasteiger partial charge on any atom is 0.251 e. The quantitative estimate of drug-likeness (QED) is 0.559. The van der Waals surface area contributed by atoms with Crippen LogP contribution in [-0.4, -0.2) is 9.55 Å². The minimum Gasteiger partial charge on any atom is -0.308 e. The van der Waals surface area contributed by atoms with Gasteiger partial charge in [0.25, 0.3) is 5.56 Å². The summed E-state index contributed by atoms with van der Waals surface area (Å²) in [6, 6.07) is 14.9. The molecule has 0 saturated heterocycles. The molecule has 0 aliphatic heterocycles. The van der Waals surface area contributed by atoms with Gasteiger partial charge < -0.3 is 9.99 Å². The molecule has 2 heterocycles. The summed E-state index contributed by atoms with van der Waals surface area (Å²) in [4.78, 5) is 16.2. The zero-order valence-electron chi connectivity index (χ0n) is 10.8. The minimum atomic E-state index is -0.0234. The fourth-order valence-electron chi connectivity index (χ4n) is 2.19. The van der Waals surface area contributed by atoms with Gasteiger partial charge in [-0.25, -0.2) is 10.8 Å². The standard InChI is InChI=1S/C15H14N4O/c16-18-14-7-5-11(9-17-14)10-19-13-4-2-1-3-12(13)6-8-15(19)20/h1-9H,10,16H2,(H,17,18). The lowest BCUT2D eigenvalue weighted by molar-refractivity contribution is 0.791. The topological polar surface area (TPSA) is 72.9 Å². The maximum atomic E-state index is 12.1. The number of hydrogen-bond donors (Lipinski definition) is 2. The highest BCUT2D eigenvalue weighted by molar-refractivity contribution is 5.78. The summed E-state index contributed by atoms with van der Waals surface area (Å²) in [6.45, 7) is 0.484. The van der Waals surface area contributed by atoms with Gasteiger partial charge in [0.1, 0.15) is 5.82 Å². The number of para-hydroxylation sites is 1. The second-order valence-corrected chi connectivity index (χ2v) is 4.51. The van der Waals surface area contributed by atoms with Crippen molar-refractivity contribution in [1.29, 1.82) is 0 Å². The highest BCUT2D eigenvalue weighted by atomic mass is 16.1. The number of benzene rings is 1. The third-order valence-corrected chi connectivity index (χ3v) is 3.21. The molecule has 0 unspecified atom stereocenters. The number of hydrogen-bond acceptors (Lipinski definition) is 4. The van der Waals surface area contributed by atoms with E-state index in [1.54, 1.807) is 22.9 Å². The number of nitrogens with two attached hydrogens (primary N) is 1. The third-order valence-electron chi connectivity index (χ3n) is 3.21. The fraction of sp³-hybridized carbons (Fsp3) is 0.0667. The summed E-state index contributed by atoms with van der Waals surface area (Å²) in [6.07, 6.45) is 1.71. The van der Waals surface area contributed by atoms with Crippen molar-refractivity contribution in [2.45, 2.75) is 6.54 Å². The average molecular weight is 266 g/mol. The first kappa shape index (κ1) is 12.4. The first-order valence-electron chi connectivity index (χ1n) is 6.28. The van der Waals surface area contributed by atoms with Gasteiger partial charge >= 0.3 is 0 Å². The number of nitrogens with zero attached hydrogens (tertiary/aromatic N) is 2. The van der Waals surface area contributed by atoms with Crippen LogP contribution in [0.1, 0.15) is 5.56 Å². The largest absolute Gasteiger partial charge is 0.308 e. The lowest BCUT2D eigenvalue weighted by Gasteiger charge is -2.10. The van der Waals surface area contributed by atoms with Crippen LogP contribution in [0, 0.1) is 0 Å². The van der Waals surface area contributed by atoms with E-state index in [-0.39, 0.29) is 5.56 Å². The maximum absolute atomic E-state index is 12.1. The average Bonchev–Trinajstić information content (AvgIpc) is 2.51. The van der Waals surface area contributed by atoms with E-state index in [1.165, 1.54) is 0 Å². The van der Waals surface area contributed by atoms with Gasteiger partial charge in [0.05, 0.1) is 12.1 Å². The van der Waals surface area contributed by atoms with Crippen LogP contribution in [0.2, 0.25) is 0 Å². The predicted octanol–water partition coefficient (Wildman–Crippen LogP) is 1.73. The molecule has 0 aliphatic rings. The lowest BCUT2D eigenvalue weighted by Crippen LogP contribution is -2.20. The monoisotopic (exact) mass is 266 g/mol. The summed E-state index contributed by atoms with van der Waals surface area (Å²) >= 11 is 0. The zero-order valence-corrected chi connectivity index (χ0v) is 10.8. The van der Waals surface area contributed by atoms with Gasteiger partial charge in [0.15, 0.2) is 0 Å². The van der Waals surface area contributed by atoms with E-state index in [9.17, 15) is 4.79 Å². The molecule has 0 atom stereocenters. The molecule has 0 spiro atoms. The van der Waals surface area contributed by atoms with Crippen LogP contribution in [0.5, 0.6) is 0 Å². The van der Waals surface area contributed by atoms with Gasteiger partial charge in [-0.3, -0.25) is 4.79 Å². The number of nitrogen functional groups attached to an aromatic ring is 1. The summed E-state index contributed by atoms with van der Waals surface area (Å²) < 4.78 is 1.74. The Balaban J connectivity index is 2.05. The predicted molar refractivity (Wildman–Crippen MR) is 79.4 cm³/mol. The first-order chi connectivity index (χ1) is 9.78. The van der Waals surface area contributed by atoms with E-state index in [0.29, 0.717) is 12.4 Å². The number of anilines is 1. The molecule has 20 heavy (non-hydrogen) atoms. The smallest absolute Gasteiger partial charge is 0.251 e. The van der Waals surface area contributed by atoms with Crippen LogP contribution >= 0.6 is 0 Å². The van der Waals surface area contributed by atoms with Crippen LogP contribution in [0.4, 0.5) is 5.82 Å². The molecule has 3 rings (SSSR count). The molecule has 3 aromatic rings. The van der Waals surface area contributed by atoms with Crippen LogP contribution in [0.25, 0.3) is 10.9 Å². The van der Waals surface area contributed by atoms with Crippen molar-refractivity contribution in [3.63, 3.8) is 0 Å². The zero-order chi connectivity index (χ0) is 13.9. The van der Waals surface area contributed by atoms with Gasteiger partial charge in [-0.2, -0.15) is 0 Å². The minimum absolute atomic E-state index is 0.0234. The summed E-state index contributed by atoms with van der Waals surface area (Å²) in [5.74, 6) is 5.88. The molecule has 0 saturated carbocycles. The molecule has 0 bridgehead atoms. The molecule has 5 nitrogen and oxygen atoms in total. The summed E-state index contributed by atoms with van der Waals surface area (Å²) in [7, 11) is 0. The van der Waals surface area contributed by atoms with Crippen molar-refractivity contribution in [2.24, 2.45) is 5.84 Å². The van der Waals surface area contributed by atoms with Gasteiger partial charge in [-0.15, -0.1) is 0 Å². The Morgan fingerprint density at radius 2 is 1.95 bits per heavy atom. The van der Waals surface area contributed by atoms with E-state index < -0.39 is 0 Å². The van der Waals surface area contributed by atoms with Crippen molar-refractivity contribution >= 4 is 16.7 Å².